The molecule has 2 aromatic rings. The van der Waals surface area contributed by atoms with E-state index in [0.29, 0.717) is 25.6 Å². The van der Waals surface area contributed by atoms with Gasteiger partial charge in [0.05, 0.1) is 32.5 Å². The molecule has 28 heavy (non-hydrogen) atoms. The lowest BCUT2D eigenvalue weighted by molar-refractivity contribution is -0.00805. The second-order valence-corrected chi connectivity index (χ2v) is 6.32. The SMILES string of the molecule is CCNC(=NCc1cccnc1OCC)N1CCOC(c2cnn(C)c2)C1.I. The molecule has 1 unspecified atom stereocenters. The van der Waals surface area contributed by atoms with Gasteiger partial charge < -0.3 is 19.7 Å². The Hall–Kier alpha value is -1.88. The van der Waals surface area contributed by atoms with E-state index in [2.05, 4.69) is 27.2 Å². The van der Waals surface area contributed by atoms with Crippen LogP contribution < -0.4 is 10.1 Å². The van der Waals surface area contributed by atoms with Gasteiger partial charge in [-0.25, -0.2) is 9.98 Å². The Morgan fingerprint density at radius 1 is 1.43 bits per heavy atom. The number of guanidine groups is 1. The van der Waals surface area contributed by atoms with Crippen molar-refractivity contribution in [2.45, 2.75) is 26.5 Å². The van der Waals surface area contributed by atoms with E-state index in [1.807, 2.05) is 38.5 Å². The summed E-state index contributed by atoms with van der Waals surface area (Å²) in [6.45, 7) is 8.13. The van der Waals surface area contributed by atoms with Crippen molar-refractivity contribution < 1.29 is 9.47 Å². The molecule has 3 rings (SSSR count). The molecule has 0 spiro atoms. The number of aryl methyl sites for hydroxylation is 1. The lowest BCUT2D eigenvalue weighted by atomic mass is 10.1. The monoisotopic (exact) mass is 500 g/mol. The topological polar surface area (TPSA) is 76.8 Å². The van der Waals surface area contributed by atoms with E-state index in [4.69, 9.17) is 14.5 Å². The Labute approximate surface area is 183 Å². The van der Waals surface area contributed by atoms with Crippen LogP contribution in [0.3, 0.4) is 0 Å². The molecule has 1 fully saturated rings. The summed E-state index contributed by atoms with van der Waals surface area (Å²) in [6.07, 6.45) is 5.60. The number of aromatic nitrogens is 3. The van der Waals surface area contributed by atoms with Gasteiger partial charge in [0.1, 0.15) is 6.10 Å². The van der Waals surface area contributed by atoms with Gasteiger partial charge in [0, 0.05) is 43.7 Å². The molecule has 0 aliphatic carbocycles. The molecular weight excluding hydrogens is 471 g/mol. The quantitative estimate of drug-likeness (QED) is 0.373. The number of pyridine rings is 1. The molecule has 2 aromatic heterocycles. The molecule has 8 nitrogen and oxygen atoms in total. The van der Waals surface area contributed by atoms with Crippen LogP contribution in [0.5, 0.6) is 5.88 Å². The summed E-state index contributed by atoms with van der Waals surface area (Å²) in [7, 11) is 1.92. The summed E-state index contributed by atoms with van der Waals surface area (Å²) in [4.78, 5) is 11.4. The minimum Gasteiger partial charge on any atom is -0.478 e. The molecule has 1 aliphatic rings. The van der Waals surface area contributed by atoms with E-state index in [9.17, 15) is 0 Å². The molecule has 0 radical (unpaired) electrons. The fourth-order valence-corrected chi connectivity index (χ4v) is 3.05. The van der Waals surface area contributed by atoms with Gasteiger partial charge in [0.2, 0.25) is 5.88 Å². The number of halogens is 1. The van der Waals surface area contributed by atoms with E-state index in [-0.39, 0.29) is 30.1 Å². The third-order valence-electron chi connectivity index (χ3n) is 4.33. The Bertz CT molecular complexity index is 766. The number of hydrogen-bond acceptors (Lipinski definition) is 5. The van der Waals surface area contributed by atoms with Crippen LogP contribution in [-0.2, 0) is 18.3 Å². The molecule has 9 heteroatoms. The zero-order valence-electron chi connectivity index (χ0n) is 16.7. The molecule has 0 saturated carbocycles. The Morgan fingerprint density at radius 2 is 2.29 bits per heavy atom. The fraction of sp³-hybridized carbons (Fsp3) is 0.526. The minimum absolute atomic E-state index is 0. The van der Waals surface area contributed by atoms with Crippen LogP contribution in [0.4, 0.5) is 0 Å². The van der Waals surface area contributed by atoms with Crippen molar-refractivity contribution in [3.05, 3.63) is 41.9 Å². The Morgan fingerprint density at radius 3 is 3.00 bits per heavy atom. The first-order valence-corrected chi connectivity index (χ1v) is 9.41. The summed E-state index contributed by atoms with van der Waals surface area (Å²) >= 11 is 0. The van der Waals surface area contributed by atoms with Gasteiger partial charge in [0.15, 0.2) is 5.96 Å². The number of rotatable bonds is 6. The van der Waals surface area contributed by atoms with Crippen LogP contribution in [0.25, 0.3) is 0 Å². The number of hydrogen-bond donors (Lipinski definition) is 1. The van der Waals surface area contributed by atoms with Crippen LogP contribution in [-0.4, -0.2) is 58.5 Å². The average molecular weight is 500 g/mol. The molecule has 1 N–H and O–H groups in total. The number of ether oxygens (including phenoxy) is 2. The van der Waals surface area contributed by atoms with Gasteiger partial charge in [-0.3, -0.25) is 4.68 Å². The molecule has 1 atom stereocenters. The molecule has 0 amide bonds. The van der Waals surface area contributed by atoms with Gasteiger partial charge in [-0.1, -0.05) is 6.07 Å². The zero-order valence-corrected chi connectivity index (χ0v) is 19.0. The molecule has 3 heterocycles. The smallest absolute Gasteiger partial charge is 0.218 e. The van der Waals surface area contributed by atoms with Crippen molar-refractivity contribution in [1.29, 1.82) is 0 Å². The van der Waals surface area contributed by atoms with Gasteiger partial charge in [0.25, 0.3) is 0 Å². The normalized spacial score (nSPS) is 17.2. The molecule has 0 aromatic carbocycles. The lowest BCUT2D eigenvalue weighted by Crippen LogP contribution is -2.48. The third-order valence-corrected chi connectivity index (χ3v) is 4.33. The second-order valence-electron chi connectivity index (χ2n) is 6.32. The first-order chi connectivity index (χ1) is 13.2. The fourth-order valence-electron chi connectivity index (χ4n) is 3.05. The highest BCUT2D eigenvalue weighted by atomic mass is 127. The van der Waals surface area contributed by atoms with Crippen molar-refractivity contribution in [3.63, 3.8) is 0 Å². The standard InChI is InChI=1S/C19H28N6O2.HI/c1-4-20-19(22-11-15-7-6-8-21-18(15)26-5-2)25-9-10-27-17(14-25)16-12-23-24(3)13-16;/h6-8,12-13,17H,4-5,9-11,14H2,1-3H3,(H,20,22);1H. The van der Waals surface area contributed by atoms with Crippen LogP contribution in [0.1, 0.15) is 31.1 Å². The van der Waals surface area contributed by atoms with Crippen molar-refractivity contribution in [2.24, 2.45) is 12.0 Å². The Balaban J connectivity index is 0.00000280. The first kappa shape index (κ1) is 22.4. The second kappa shape index (κ2) is 11.2. The summed E-state index contributed by atoms with van der Waals surface area (Å²) < 4.78 is 13.4. The highest BCUT2D eigenvalue weighted by molar-refractivity contribution is 14.0. The van der Waals surface area contributed by atoms with E-state index in [1.54, 1.807) is 10.9 Å². The maximum absolute atomic E-state index is 5.94. The Kier molecular flexibility index (Phi) is 8.97. The summed E-state index contributed by atoms with van der Waals surface area (Å²) in [5.41, 5.74) is 2.07. The lowest BCUT2D eigenvalue weighted by Gasteiger charge is -2.34. The summed E-state index contributed by atoms with van der Waals surface area (Å²) in [5.74, 6) is 1.52. The first-order valence-electron chi connectivity index (χ1n) is 9.41. The van der Waals surface area contributed by atoms with Crippen molar-refractivity contribution in [2.75, 3.05) is 32.8 Å². The largest absolute Gasteiger partial charge is 0.478 e. The van der Waals surface area contributed by atoms with E-state index < -0.39 is 0 Å². The van der Waals surface area contributed by atoms with Crippen LogP contribution >= 0.6 is 24.0 Å². The van der Waals surface area contributed by atoms with Crippen molar-refractivity contribution in [1.82, 2.24) is 25.0 Å². The summed E-state index contributed by atoms with van der Waals surface area (Å²) in [5, 5.41) is 7.64. The van der Waals surface area contributed by atoms with Crippen LogP contribution in [0.2, 0.25) is 0 Å². The molecular formula is C19H29IN6O2. The number of aliphatic imine (C=N–C) groups is 1. The van der Waals surface area contributed by atoms with Crippen LogP contribution in [0.15, 0.2) is 35.7 Å². The number of nitrogens with one attached hydrogen (secondary N) is 1. The predicted octanol–water partition coefficient (Wildman–Crippen LogP) is 2.37. The minimum atomic E-state index is -0.00585. The predicted molar refractivity (Wildman–Crippen MR) is 119 cm³/mol. The maximum atomic E-state index is 5.94. The highest BCUT2D eigenvalue weighted by Gasteiger charge is 2.25. The molecule has 0 bridgehead atoms. The van der Waals surface area contributed by atoms with E-state index in [0.717, 1.165) is 36.7 Å². The van der Waals surface area contributed by atoms with E-state index >= 15 is 0 Å². The third kappa shape index (κ3) is 5.81. The highest BCUT2D eigenvalue weighted by Crippen LogP contribution is 2.22. The molecule has 1 aliphatic heterocycles. The van der Waals surface area contributed by atoms with E-state index in [1.165, 1.54) is 0 Å². The zero-order chi connectivity index (χ0) is 19.1. The average Bonchev–Trinajstić information content (AvgIpc) is 3.13. The molecule has 154 valence electrons. The number of nitrogens with zero attached hydrogens (tertiary/aromatic N) is 5. The maximum Gasteiger partial charge on any atom is 0.218 e. The summed E-state index contributed by atoms with van der Waals surface area (Å²) in [6, 6.07) is 3.91. The van der Waals surface area contributed by atoms with Gasteiger partial charge >= 0.3 is 0 Å². The van der Waals surface area contributed by atoms with Crippen molar-refractivity contribution >= 4 is 29.9 Å². The molecule has 1 saturated heterocycles. The van der Waals surface area contributed by atoms with Gasteiger partial charge in [-0.2, -0.15) is 5.10 Å². The van der Waals surface area contributed by atoms with Crippen molar-refractivity contribution in [3.8, 4) is 5.88 Å². The van der Waals surface area contributed by atoms with Gasteiger partial charge in [-0.15, -0.1) is 24.0 Å². The van der Waals surface area contributed by atoms with Gasteiger partial charge in [-0.05, 0) is 19.9 Å². The number of morpholine rings is 1. The van der Waals surface area contributed by atoms with Crippen LogP contribution in [0, 0.1) is 0 Å².